The summed E-state index contributed by atoms with van der Waals surface area (Å²) in [6, 6.07) is -1.35. The lowest BCUT2D eigenvalue weighted by molar-refractivity contribution is -0.136. The number of aliphatic imine (C=N–C) groups is 2. The number of imide groups is 7. The molecule has 0 aromatic rings. The van der Waals surface area contributed by atoms with Gasteiger partial charge >= 0.3 is 12.1 Å². The van der Waals surface area contributed by atoms with Crippen molar-refractivity contribution in [2.24, 2.45) is 9.98 Å². The topological polar surface area (TPSA) is 238 Å². The van der Waals surface area contributed by atoms with Crippen LogP contribution in [0.4, 0.5) is 9.59 Å². The van der Waals surface area contributed by atoms with E-state index in [-0.39, 0.29) is 38.9 Å². The Bertz CT molecular complexity index is 1080. The normalized spacial score (nSPS) is 15.3. The van der Waals surface area contributed by atoms with Crippen molar-refractivity contribution in [3.8, 4) is 0 Å². The fraction of sp³-hybridized carbons (Fsp3) is 0.643. The van der Waals surface area contributed by atoms with Gasteiger partial charge in [0.05, 0.1) is 13.1 Å². The van der Waals surface area contributed by atoms with Crippen molar-refractivity contribution in [2.75, 3.05) is 26.2 Å². The molecule has 3 aliphatic heterocycles. The molecule has 3 rings (SSSR count). The second-order valence-electron chi connectivity index (χ2n) is 9.96. The Morgan fingerprint density at radius 2 is 0.911 bits per heavy atom. The molecular formula is C28H41N7O10. The van der Waals surface area contributed by atoms with Crippen molar-refractivity contribution < 1.29 is 49.4 Å². The quantitative estimate of drug-likeness (QED) is 0.106. The maximum Gasteiger partial charge on any atom is 0.331 e. The zero-order chi connectivity index (χ0) is 33.5. The predicted octanol–water partition coefficient (Wildman–Crippen LogP) is 1.15. The second-order valence-corrected chi connectivity index (χ2v) is 9.96. The Kier molecular flexibility index (Phi) is 19.2. The van der Waals surface area contributed by atoms with Gasteiger partial charge in [0.15, 0.2) is 0 Å². The third-order valence-electron chi connectivity index (χ3n) is 6.44. The molecule has 0 aromatic heterocycles. The number of carbonyl (C=O) groups is 8. The largest absolute Gasteiger partial charge is 0.337 e. The lowest BCUT2D eigenvalue weighted by atomic mass is 10.2. The van der Waals surface area contributed by atoms with E-state index in [1.54, 1.807) is 0 Å². The monoisotopic (exact) mass is 635 g/mol. The van der Waals surface area contributed by atoms with E-state index < -0.39 is 35.7 Å². The summed E-state index contributed by atoms with van der Waals surface area (Å²) in [7, 11) is 0. The van der Waals surface area contributed by atoms with Crippen LogP contribution in [0.3, 0.4) is 0 Å². The van der Waals surface area contributed by atoms with Gasteiger partial charge < -0.3 is 10.6 Å². The van der Waals surface area contributed by atoms with Gasteiger partial charge in [-0.15, -0.1) is 0 Å². The predicted molar refractivity (Wildman–Crippen MR) is 156 cm³/mol. The Labute approximate surface area is 261 Å². The van der Waals surface area contributed by atoms with Crippen LogP contribution in [0.25, 0.3) is 0 Å². The summed E-state index contributed by atoms with van der Waals surface area (Å²) in [5, 5.41) is 7.21. The van der Waals surface area contributed by atoms with E-state index in [9.17, 15) is 47.9 Å². The third-order valence-corrected chi connectivity index (χ3v) is 6.44. The van der Waals surface area contributed by atoms with E-state index in [1.165, 1.54) is 12.2 Å². The molecule has 3 aliphatic rings. The molecule has 45 heavy (non-hydrogen) atoms. The van der Waals surface area contributed by atoms with E-state index in [2.05, 4.69) is 25.9 Å². The number of amides is 10. The molecular weight excluding hydrogens is 594 g/mol. The minimum absolute atomic E-state index is 0. The molecule has 0 radical (unpaired) electrons. The maximum atomic E-state index is 11.7. The van der Waals surface area contributed by atoms with Crippen LogP contribution in [-0.4, -0.2) is 95.6 Å². The van der Waals surface area contributed by atoms with E-state index in [4.69, 9.17) is 0 Å². The Morgan fingerprint density at radius 1 is 0.578 bits per heavy atom. The molecule has 0 aromatic carbocycles. The average Bonchev–Trinajstić information content (AvgIpc) is 3.68. The summed E-state index contributed by atoms with van der Waals surface area (Å²) in [4.78, 5) is 117. The molecule has 0 spiro atoms. The first-order valence-corrected chi connectivity index (χ1v) is 14.8. The minimum Gasteiger partial charge on any atom is -0.337 e. The molecule has 0 aliphatic carbocycles. The molecule has 248 valence electrons. The fourth-order valence-electron chi connectivity index (χ4n) is 4.09. The molecule has 0 saturated carbocycles. The van der Waals surface area contributed by atoms with Crippen LogP contribution in [0.15, 0.2) is 9.98 Å². The molecule has 10 amide bonds. The first kappa shape index (κ1) is 38.1. The Balaban J connectivity index is 0.000000834. The van der Waals surface area contributed by atoms with E-state index in [0.717, 1.165) is 38.5 Å². The van der Waals surface area contributed by atoms with Gasteiger partial charge in [0.2, 0.25) is 47.6 Å². The van der Waals surface area contributed by atoms with Crippen LogP contribution in [-0.2, 0) is 38.4 Å². The number of nitrogens with one attached hydrogen (secondary N) is 3. The van der Waals surface area contributed by atoms with Crippen molar-refractivity contribution >= 4 is 59.7 Å². The molecule has 0 bridgehead atoms. The van der Waals surface area contributed by atoms with Crippen molar-refractivity contribution in [1.82, 2.24) is 25.8 Å². The van der Waals surface area contributed by atoms with Gasteiger partial charge in [-0.25, -0.2) is 39.0 Å². The first-order chi connectivity index (χ1) is 21.6. The number of hydrogen-bond donors (Lipinski definition) is 3. The summed E-state index contributed by atoms with van der Waals surface area (Å²) in [6.45, 7) is 1.80. The number of isocyanates is 2. The van der Waals surface area contributed by atoms with Crippen LogP contribution in [0.1, 0.15) is 91.3 Å². The number of unbranched alkanes of at least 4 members (excludes halogenated alkanes) is 6. The van der Waals surface area contributed by atoms with Gasteiger partial charge in [0.1, 0.15) is 0 Å². The van der Waals surface area contributed by atoms with Crippen LogP contribution in [0, 0.1) is 0 Å². The van der Waals surface area contributed by atoms with Gasteiger partial charge in [-0.2, -0.15) is 0 Å². The zero-order valence-electron chi connectivity index (χ0n) is 25.1. The fourth-order valence-corrected chi connectivity index (χ4v) is 4.09. The lowest BCUT2D eigenvalue weighted by Gasteiger charge is -2.13. The van der Waals surface area contributed by atoms with E-state index in [1.807, 2.05) is 0 Å². The van der Waals surface area contributed by atoms with Crippen LogP contribution < -0.4 is 16.0 Å². The summed E-state index contributed by atoms with van der Waals surface area (Å²) >= 11 is 0. The molecule has 3 heterocycles. The highest BCUT2D eigenvalue weighted by atomic mass is 16.2. The Morgan fingerprint density at radius 3 is 1.20 bits per heavy atom. The summed E-state index contributed by atoms with van der Waals surface area (Å²) in [5.74, 6) is -2.19. The number of hydrogen-bond acceptors (Lipinski definition) is 12. The highest BCUT2D eigenvalue weighted by Gasteiger charge is 2.35. The average molecular weight is 636 g/mol. The van der Waals surface area contributed by atoms with Crippen molar-refractivity contribution in [3.63, 3.8) is 0 Å². The number of nitrogens with zero attached hydrogens (tertiary/aromatic N) is 4. The highest BCUT2D eigenvalue weighted by Crippen LogP contribution is 2.12. The van der Waals surface area contributed by atoms with Crippen LogP contribution >= 0.6 is 0 Å². The third kappa shape index (κ3) is 16.0. The SMILES string of the molecule is O=C1CCC(=O)N1.O=C1CCC(=O)N1C(=O)NCCCCCCNC(=O)N1C(=O)CCC1=O.O=C=NCCCCCCN=C=O.[HH]. The van der Waals surface area contributed by atoms with E-state index >= 15 is 0 Å². The van der Waals surface area contributed by atoms with Gasteiger partial charge in [-0.1, -0.05) is 25.7 Å². The summed E-state index contributed by atoms with van der Waals surface area (Å²) in [5.41, 5.74) is 0. The highest BCUT2D eigenvalue weighted by molar-refractivity contribution is 6.15. The maximum absolute atomic E-state index is 11.7. The van der Waals surface area contributed by atoms with Crippen LogP contribution in [0.2, 0.25) is 0 Å². The summed E-state index contributed by atoms with van der Waals surface area (Å²) in [6.07, 6.45) is 10.7. The van der Waals surface area contributed by atoms with Crippen molar-refractivity contribution in [2.45, 2.75) is 89.9 Å². The molecule has 3 saturated heterocycles. The molecule has 0 atom stereocenters. The van der Waals surface area contributed by atoms with Gasteiger partial charge in [0.25, 0.3) is 0 Å². The minimum atomic E-state index is -0.676. The standard InChI is InChI=1S/C16H22N4O6.C8H12N2O2.C4H5NO2.H2/c21-11-5-6-12(22)19(11)15(25)17-9-3-1-2-4-10-18-16(26)20-13(23)7-8-14(20)24;11-7-9-5-3-1-2-4-6-10-8-12;6-3-1-2-4(7)5-3;/h1-10H2,(H,17,25)(H,18,26);1-6H2;1-2H2,(H,5,6,7);1H. The molecule has 17 heteroatoms. The zero-order valence-corrected chi connectivity index (χ0v) is 25.1. The number of likely N-dealkylation sites (tertiary alicyclic amines) is 2. The number of carbonyl (C=O) groups excluding carboxylic acids is 10. The molecule has 3 N–H and O–H groups in total. The Hall–Kier alpha value is -4.88. The van der Waals surface area contributed by atoms with Gasteiger partial charge in [-0.3, -0.25) is 34.1 Å². The number of urea groups is 2. The number of rotatable bonds is 14. The molecule has 3 fully saturated rings. The lowest BCUT2D eigenvalue weighted by Crippen LogP contribution is -2.43. The second kappa shape index (κ2) is 22.6. The smallest absolute Gasteiger partial charge is 0.331 e. The molecule has 0 unspecified atom stereocenters. The van der Waals surface area contributed by atoms with Crippen LogP contribution in [0.5, 0.6) is 0 Å². The first-order valence-electron chi connectivity index (χ1n) is 14.8. The summed E-state index contributed by atoms with van der Waals surface area (Å²) < 4.78 is 0. The molecule has 17 nitrogen and oxygen atoms in total. The van der Waals surface area contributed by atoms with Crippen molar-refractivity contribution in [1.29, 1.82) is 0 Å². The van der Waals surface area contributed by atoms with Gasteiger partial charge in [0, 0.05) is 53.0 Å². The van der Waals surface area contributed by atoms with E-state index in [0.29, 0.717) is 61.7 Å². The van der Waals surface area contributed by atoms with Crippen molar-refractivity contribution in [3.05, 3.63) is 0 Å². The van der Waals surface area contributed by atoms with Gasteiger partial charge in [-0.05, 0) is 25.7 Å².